The van der Waals surface area contributed by atoms with Crippen LogP contribution in [0.1, 0.15) is 17.3 Å². The van der Waals surface area contributed by atoms with Crippen LogP contribution in [0.15, 0.2) is 42.5 Å². The van der Waals surface area contributed by atoms with Crippen LogP contribution >= 0.6 is 0 Å². The van der Waals surface area contributed by atoms with Crippen molar-refractivity contribution in [2.45, 2.75) is 6.92 Å². The molecule has 0 amide bonds. The maximum atomic E-state index is 11.8. The Balaban J connectivity index is 1.64. The molecule has 14 heteroatoms. The van der Waals surface area contributed by atoms with Crippen molar-refractivity contribution in [2.24, 2.45) is 0 Å². The molecule has 0 N–H and O–H groups in total. The highest BCUT2D eigenvalue weighted by Gasteiger charge is 2.05. The predicted molar refractivity (Wildman–Crippen MR) is 171 cm³/mol. The smallest absolute Gasteiger partial charge is 0.338 e. The number of benzene rings is 1. The van der Waals surface area contributed by atoms with Gasteiger partial charge in [0.05, 0.1) is 138 Å². The third-order valence-corrected chi connectivity index (χ3v) is 5.63. The minimum atomic E-state index is -0.417. The highest BCUT2D eigenvalue weighted by atomic mass is 16.6. The van der Waals surface area contributed by atoms with Gasteiger partial charge in [-0.15, -0.1) is 0 Å². The Morgan fingerprint density at radius 1 is 0.426 bits per heavy atom. The molecule has 0 aliphatic heterocycles. The van der Waals surface area contributed by atoms with Crippen LogP contribution in [0.25, 0.3) is 0 Å². The van der Waals surface area contributed by atoms with E-state index < -0.39 is 5.97 Å². The lowest BCUT2D eigenvalue weighted by Crippen LogP contribution is -2.16. The molecule has 1 aromatic rings. The molecule has 0 bridgehead atoms. The number of ether oxygens (including phenoxy) is 12. The van der Waals surface area contributed by atoms with Crippen molar-refractivity contribution in [1.29, 1.82) is 0 Å². The summed E-state index contributed by atoms with van der Waals surface area (Å²) in [5.41, 5.74) is 0.887. The molecule has 1 rings (SSSR count). The second-order valence-corrected chi connectivity index (χ2v) is 9.54. The summed E-state index contributed by atoms with van der Waals surface area (Å²) in [4.78, 5) is 23.0. The summed E-state index contributed by atoms with van der Waals surface area (Å²) in [7, 11) is 0. The third kappa shape index (κ3) is 29.4. The van der Waals surface area contributed by atoms with Crippen LogP contribution in [0.3, 0.4) is 0 Å². The molecule has 0 aliphatic carbocycles. The molecule has 0 fully saturated rings. The van der Waals surface area contributed by atoms with Gasteiger partial charge in [0.15, 0.2) is 0 Å². The highest BCUT2D eigenvalue weighted by molar-refractivity contribution is 5.89. The predicted octanol–water partition coefficient (Wildman–Crippen LogP) is 2.13. The van der Waals surface area contributed by atoms with Crippen LogP contribution in [0.2, 0.25) is 0 Å². The Morgan fingerprint density at radius 2 is 0.681 bits per heavy atom. The van der Waals surface area contributed by atoms with Crippen LogP contribution < -0.4 is 0 Å². The minimum Gasteiger partial charge on any atom is -0.460 e. The first-order valence-electron chi connectivity index (χ1n) is 15.9. The lowest BCUT2D eigenvalue weighted by molar-refractivity contribution is -0.140. The molecule has 270 valence electrons. The first-order valence-corrected chi connectivity index (χ1v) is 15.9. The lowest BCUT2D eigenvalue weighted by atomic mass is 10.2. The Bertz CT molecular complexity index is 870. The van der Waals surface area contributed by atoms with Gasteiger partial charge in [0.25, 0.3) is 0 Å². The second-order valence-electron chi connectivity index (χ2n) is 9.54. The van der Waals surface area contributed by atoms with E-state index in [1.54, 1.807) is 31.2 Å². The molecule has 0 spiro atoms. The monoisotopic (exact) mass is 674 g/mol. The number of esters is 2. The molecule has 0 heterocycles. The Labute approximate surface area is 278 Å². The fourth-order valence-electron chi connectivity index (χ4n) is 3.25. The quantitative estimate of drug-likeness (QED) is 0.0589. The van der Waals surface area contributed by atoms with Gasteiger partial charge in [-0.25, -0.2) is 9.59 Å². The molecule has 0 aliphatic rings. The second kappa shape index (κ2) is 33.4. The van der Waals surface area contributed by atoms with Gasteiger partial charge in [-0.1, -0.05) is 24.8 Å². The van der Waals surface area contributed by atoms with Crippen molar-refractivity contribution < 1.29 is 66.4 Å². The van der Waals surface area contributed by atoms with Crippen molar-refractivity contribution >= 4 is 11.9 Å². The van der Waals surface area contributed by atoms with Gasteiger partial charge in [-0.3, -0.25) is 0 Å². The highest BCUT2D eigenvalue weighted by Crippen LogP contribution is 2.00. The van der Waals surface area contributed by atoms with E-state index in [0.717, 1.165) is 0 Å². The van der Waals surface area contributed by atoms with Gasteiger partial charge in [0.1, 0.15) is 13.2 Å². The van der Waals surface area contributed by atoms with E-state index in [2.05, 4.69) is 6.58 Å². The van der Waals surface area contributed by atoms with Crippen molar-refractivity contribution in [3.05, 3.63) is 48.0 Å². The molecule has 14 nitrogen and oxygen atoms in total. The molecule has 0 unspecified atom stereocenters. The number of rotatable bonds is 35. The van der Waals surface area contributed by atoms with Gasteiger partial charge >= 0.3 is 11.9 Å². The van der Waals surface area contributed by atoms with Crippen LogP contribution in [0, 0.1) is 0 Å². The number of carbonyl (C=O) groups excluding carboxylic acids is 2. The van der Waals surface area contributed by atoms with Crippen LogP contribution in [0.5, 0.6) is 0 Å². The topological polar surface area (TPSA) is 145 Å². The molecule has 0 atom stereocenters. The van der Waals surface area contributed by atoms with Crippen molar-refractivity contribution in [1.82, 2.24) is 0 Å². The van der Waals surface area contributed by atoms with E-state index in [9.17, 15) is 9.59 Å². The van der Waals surface area contributed by atoms with E-state index in [1.165, 1.54) is 0 Å². The zero-order valence-corrected chi connectivity index (χ0v) is 27.9. The third-order valence-electron chi connectivity index (χ3n) is 5.63. The van der Waals surface area contributed by atoms with E-state index in [0.29, 0.717) is 143 Å². The maximum absolute atomic E-state index is 11.8. The van der Waals surface area contributed by atoms with E-state index in [4.69, 9.17) is 56.8 Å². The van der Waals surface area contributed by atoms with Crippen LogP contribution in [-0.4, -0.2) is 157 Å². The lowest BCUT2D eigenvalue weighted by Gasteiger charge is -2.09. The maximum Gasteiger partial charge on any atom is 0.338 e. The normalized spacial score (nSPS) is 11.1. The summed E-state index contributed by atoms with van der Waals surface area (Å²) >= 11 is 0. The Morgan fingerprint density at radius 3 is 0.957 bits per heavy atom. The summed E-state index contributed by atoms with van der Waals surface area (Å²) in [6.07, 6.45) is 0. The molecule has 0 radical (unpaired) electrons. The first kappa shape index (κ1) is 42.5. The Kier molecular flexibility index (Phi) is 30.2. The summed E-state index contributed by atoms with van der Waals surface area (Å²) < 4.78 is 64.3. The fraction of sp³-hybridized carbons (Fsp3) is 0.697. The van der Waals surface area contributed by atoms with Gasteiger partial charge in [-0.05, 0) is 19.1 Å². The molecule has 0 aromatic heterocycles. The average molecular weight is 675 g/mol. The summed E-state index contributed by atoms with van der Waals surface area (Å²) in [5.74, 6) is -0.777. The molecular formula is C33H54O14. The van der Waals surface area contributed by atoms with Crippen molar-refractivity contribution in [3.8, 4) is 0 Å². The molecular weight excluding hydrogens is 620 g/mol. The minimum absolute atomic E-state index is 0.194. The van der Waals surface area contributed by atoms with Gasteiger partial charge in [0.2, 0.25) is 0 Å². The van der Waals surface area contributed by atoms with Crippen LogP contribution in [0.4, 0.5) is 0 Å². The van der Waals surface area contributed by atoms with Crippen molar-refractivity contribution in [3.63, 3.8) is 0 Å². The molecule has 47 heavy (non-hydrogen) atoms. The van der Waals surface area contributed by atoms with E-state index >= 15 is 0 Å². The summed E-state index contributed by atoms with van der Waals surface area (Å²) in [5, 5.41) is 0. The number of hydrogen-bond acceptors (Lipinski definition) is 14. The van der Waals surface area contributed by atoms with Gasteiger partial charge < -0.3 is 56.8 Å². The summed E-state index contributed by atoms with van der Waals surface area (Å²) in [6.45, 7) is 14.5. The standard InChI is InChI=1S/C33H54O14/c1-30(2)32(34)46-28-26-44-24-22-42-20-18-40-16-14-38-12-10-36-8-9-37-11-13-39-15-17-41-19-21-43-23-25-45-27-29-47-33(35)31-6-4-3-5-7-31/h3-7H,1,8-29H2,2H3. The number of hydrogen-bond donors (Lipinski definition) is 0. The van der Waals surface area contributed by atoms with Crippen LogP contribution in [-0.2, 0) is 61.6 Å². The molecule has 0 saturated carbocycles. The zero-order chi connectivity index (χ0) is 33.9. The molecule has 0 saturated heterocycles. The fourth-order valence-corrected chi connectivity index (χ4v) is 3.25. The Hall–Kier alpha value is -2.50. The first-order chi connectivity index (χ1) is 23.1. The largest absolute Gasteiger partial charge is 0.460 e. The van der Waals surface area contributed by atoms with Gasteiger partial charge in [-0.2, -0.15) is 0 Å². The average Bonchev–Trinajstić information content (AvgIpc) is 3.08. The molecule has 1 aromatic carbocycles. The summed E-state index contributed by atoms with van der Waals surface area (Å²) in [6, 6.07) is 8.83. The number of carbonyl (C=O) groups is 2. The van der Waals surface area contributed by atoms with Gasteiger partial charge in [0, 0.05) is 5.57 Å². The van der Waals surface area contributed by atoms with E-state index in [1.807, 2.05) is 6.07 Å². The SMILES string of the molecule is C=C(C)C(=O)OCCOCCOCCOCCOCCOCCOCCOCCOCCOCCOCCOC(=O)c1ccccc1. The van der Waals surface area contributed by atoms with E-state index in [-0.39, 0.29) is 19.2 Å². The van der Waals surface area contributed by atoms with Crippen molar-refractivity contribution in [2.75, 3.05) is 145 Å². The zero-order valence-electron chi connectivity index (χ0n) is 27.9.